The lowest BCUT2D eigenvalue weighted by Gasteiger charge is -2.25. The highest BCUT2D eigenvalue weighted by atomic mass is 28.4. The fraction of sp³-hybridized carbons (Fsp3) is 0.778. The Morgan fingerprint density at radius 1 is 1.31 bits per heavy atom. The molecule has 0 heterocycles. The molecule has 0 N–H and O–H groups in total. The third-order valence-electron chi connectivity index (χ3n) is 1.88. The van der Waals surface area contributed by atoms with Crippen molar-refractivity contribution in [3.05, 3.63) is 12.7 Å². The van der Waals surface area contributed by atoms with Gasteiger partial charge in [0.2, 0.25) is 0 Å². The van der Waals surface area contributed by atoms with Gasteiger partial charge in [-0.3, -0.25) is 0 Å². The molecule has 0 aliphatic heterocycles. The first-order chi connectivity index (χ1) is 6.24. The Hall–Kier alpha value is -0.163. The zero-order chi connectivity index (χ0) is 10.2. The van der Waals surface area contributed by atoms with Crippen molar-refractivity contribution >= 4 is 8.80 Å². The molecule has 13 heavy (non-hydrogen) atoms. The number of hydrogen-bond donors (Lipinski definition) is 0. The largest absolute Gasteiger partial charge is 0.500 e. The molecule has 0 aromatic rings. The van der Waals surface area contributed by atoms with E-state index in [4.69, 9.17) is 13.3 Å². The van der Waals surface area contributed by atoms with Crippen molar-refractivity contribution < 1.29 is 13.3 Å². The highest BCUT2D eigenvalue weighted by Gasteiger charge is 2.37. The summed E-state index contributed by atoms with van der Waals surface area (Å²) < 4.78 is 16.2. The molecule has 78 valence electrons. The molecule has 0 aromatic heterocycles. The molecule has 0 unspecified atom stereocenters. The standard InChI is InChI=1S/C9H20O3Si/c1-5-7-9-13(10-3,11-4)12-8-6-2/h6H,2,5,7-9H2,1,3-4H3. The van der Waals surface area contributed by atoms with E-state index in [1.165, 1.54) is 0 Å². The van der Waals surface area contributed by atoms with Gasteiger partial charge in [-0.1, -0.05) is 19.4 Å². The summed E-state index contributed by atoms with van der Waals surface area (Å²) >= 11 is 0. The van der Waals surface area contributed by atoms with E-state index in [9.17, 15) is 0 Å². The Morgan fingerprint density at radius 2 is 1.92 bits per heavy atom. The van der Waals surface area contributed by atoms with Gasteiger partial charge in [-0.25, -0.2) is 0 Å². The van der Waals surface area contributed by atoms with Crippen molar-refractivity contribution in [2.24, 2.45) is 0 Å². The molecule has 0 fully saturated rings. The van der Waals surface area contributed by atoms with E-state index in [1.807, 2.05) is 0 Å². The topological polar surface area (TPSA) is 27.7 Å². The maximum atomic E-state index is 5.56. The van der Waals surface area contributed by atoms with E-state index in [2.05, 4.69) is 13.5 Å². The van der Waals surface area contributed by atoms with Gasteiger partial charge in [-0.2, -0.15) is 0 Å². The highest BCUT2D eigenvalue weighted by molar-refractivity contribution is 6.60. The van der Waals surface area contributed by atoms with Gasteiger partial charge in [0.15, 0.2) is 0 Å². The summed E-state index contributed by atoms with van der Waals surface area (Å²) in [4.78, 5) is 0. The predicted molar refractivity (Wildman–Crippen MR) is 55.6 cm³/mol. The van der Waals surface area contributed by atoms with E-state index >= 15 is 0 Å². The van der Waals surface area contributed by atoms with Gasteiger partial charge >= 0.3 is 8.80 Å². The van der Waals surface area contributed by atoms with Crippen LogP contribution in [0.25, 0.3) is 0 Å². The molecule has 0 spiro atoms. The van der Waals surface area contributed by atoms with Gasteiger partial charge in [0.05, 0.1) is 6.61 Å². The Morgan fingerprint density at radius 3 is 2.31 bits per heavy atom. The van der Waals surface area contributed by atoms with Crippen LogP contribution >= 0.6 is 0 Å². The second kappa shape index (κ2) is 7.26. The van der Waals surface area contributed by atoms with Crippen LogP contribution < -0.4 is 0 Å². The van der Waals surface area contributed by atoms with E-state index in [1.54, 1.807) is 20.3 Å². The first-order valence-electron chi connectivity index (χ1n) is 4.59. The SMILES string of the molecule is C=CCO[Si](CCCC)(OC)OC. The summed E-state index contributed by atoms with van der Waals surface area (Å²) in [6.45, 7) is 6.23. The van der Waals surface area contributed by atoms with Gasteiger partial charge in [-0.05, 0) is 6.42 Å². The lowest BCUT2D eigenvalue weighted by atomic mass is 10.4. The molecule has 0 radical (unpaired) electrons. The molecule has 0 aromatic carbocycles. The van der Waals surface area contributed by atoms with Crippen LogP contribution in [0.15, 0.2) is 12.7 Å². The van der Waals surface area contributed by atoms with Crippen molar-refractivity contribution in [1.29, 1.82) is 0 Å². The lowest BCUT2D eigenvalue weighted by Crippen LogP contribution is -2.43. The van der Waals surface area contributed by atoms with Gasteiger partial charge in [-0.15, -0.1) is 6.58 Å². The minimum absolute atomic E-state index is 0.498. The molecule has 0 saturated carbocycles. The van der Waals surface area contributed by atoms with Crippen molar-refractivity contribution in [1.82, 2.24) is 0 Å². The minimum Gasteiger partial charge on any atom is -0.377 e. The lowest BCUT2D eigenvalue weighted by molar-refractivity contribution is 0.109. The Balaban J connectivity index is 4.04. The predicted octanol–water partition coefficient (Wildman–Crippen LogP) is 2.22. The average molecular weight is 204 g/mol. The van der Waals surface area contributed by atoms with Crippen LogP contribution in [0.4, 0.5) is 0 Å². The maximum Gasteiger partial charge on any atom is 0.500 e. The van der Waals surface area contributed by atoms with Crippen LogP contribution in [0.1, 0.15) is 19.8 Å². The van der Waals surface area contributed by atoms with Crippen LogP contribution in [0, 0.1) is 0 Å². The number of unbranched alkanes of at least 4 members (excludes halogenated alkanes) is 1. The summed E-state index contributed by atoms with van der Waals surface area (Å²) in [5.74, 6) is 0. The van der Waals surface area contributed by atoms with E-state index in [0.29, 0.717) is 6.61 Å². The van der Waals surface area contributed by atoms with Crippen LogP contribution in [-0.2, 0) is 13.3 Å². The molecule has 3 nitrogen and oxygen atoms in total. The quantitative estimate of drug-likeness (QED) is 0.448. The van der Waals surface area contributed by atoms with Gasteiger partial charge < -0.3 is 13.3 Å². The second-order valence-corrected chi connectivity index (χ2v) is 5.77. The van der Waals surface area contributed by atoms with E-state index in [0.717, 1.165) is 18.9 Å². The molecular weight excluding hydrogens is 184 g/mol. The van der Waals surface area contributed by atoms with Crippen molar-refractivity contribution in [2.45, 2.75) is 25.8 Å². The monoisotopic (exact) mass is 204 g/mol. The molecule has 0 aliphatic carbocycles. The van der Waals surface area contributed by atoms with E-state index in [-0.39, 0.29) is 0 Å². The fourth-order valence-electron chi connectivity index (χ4n) is 1.06. The van der Waals surface area contributed by atoms with E-state index < -0.39 is 8.80 Å². The third-order valence-corrected chi connectivity index (χ3v) is 4.70. The Labute approximate surface area is 82.1 Å². The zero-order valence-corrected chi connectivity index (χ0v) is 9.84. The van der Waals surface area contributed by atoms with Gasteiger partial charge in [0.25, 0.3) is 0 Å². The van der Waals surface area contributed by atoms with Gasteiger partial charge in [0.1, 0.15) is 0 Å². The first kappa shape index (κ1) is 12.8. The van der Waals surface area contributed by atoms with Crippen molar-refractivity contribution in [3.8, 4) is 0 Å². The number of hydrogen-bond acceptors (Lipinski definition) is 3. The molecule has 0 aliphatic rings. The zero-order valence-electron chi connectivity index (χ0n) is 8.84. The Kier molecular flexibility index (Phi) is 7.17. The second-order valence-electron chi connectivity index (χ2n) is 2.79. The third kappa shape index (κ3) is 4.57. The molecule has 0 bridgehead atoms. The maximum absolute atomic E-state index is 5.56. The normalized spacial score (nSPS) is 11.6. The summed E-state index contributed by atoms with van der Waals surface area (Å²) in [5.41, 5.74) is 0. The van der Waals surface area contributed by atoms with Crippen LogP contribution in [0.5, 0.6) is 0 Å². The highest BCUT2D eigenvalue weighted by Crippen LogP contribution is 2.16. The van der Waals surface area contributed by atoms with Crippen LogP contribution in [-0.4, -0.2) is 29.6 Å². The number of rotatable bonds is 8. The summed E-state index contributed by atoms with van der Waals surface area (Å²) in [6.07, 6.45) is 3.91. The molecular formula is C9H20O3Si. The molecule has 0 saturated heterocycles. The first-order valence-corrected chi connectivity index (χ1v) is 6.53. The fourth-order valence-corrected chi connectivity index (χ4v) is 3.17. The summed E-state index contributed by atoms with van der Waals surface area (Å²) in [7, 11) is 0.938. The molecule has 0 atom stereocenters. The van der Waals surface area contributed by atoms with Crippen molar-refractivity contribution in [3.63, 3.8) is 0 Å². The summed E-state index contributed by atoms with van der Waals surface area (Å²) in [5, 5.41) is 0. The van der Waals surface area contributed by atoms with Crippen LogP contribution in [0.3, 0.4) is 0 Å². The van der Waals surface area contributed by atoms with Gasteiger partial charge in [0, 0.05) is 20.3 Å². The minimum atomic E-state index is -2.36. The molecule has 4 heteroatoms. The molecule has 0 amide bonds. The smallest absolute Gasteiger partial charge is 0.377 e. The Bertz CT molecular complexity index is 135. The summed E-state index contributed by atoms with van der Waals surface area (Å²) in [6, 6.07) is 0.879. The van der Waals surface area contributed by atoms with Crippen LogP contribution in [0.2, 0.25) is 6.04 Å². The average Bonchev–Trinajstić information content (AvgIpc) is 2.20. The molecule has 0 rings (SSSR count). The van der Waals surface area contributed by atoms with Crippen molar-refractivity contribution in [2.75, 3.05) is 20.8 Å².